The van der Waals surface area contributed by atoms with Crippen LogP contribution in [0.3, 0.4) is 0 Å². The number of rotatable bonds is 5. The van der Waals surface area contributed by atoms with Gasteiger partial charge in [-0.2, -0.15) is 0 Å². The highest BCUT2D eigenvalue weighted by Gasteiger charge is 2.27. The van der Waals surface area contributed by atoms with Crippen molar-refractivity contribution in [3.63, 3.8) is 0 Å². The Balaban J connectivity index is 2.12. The molecule has 5 heteroatoms. The topological polar surface area (TPSA) is 60.1 Å². The summed E-state index contributed by atoms with van der Waals surface area (Å²) in [5.41, 5.74) is 6.94. The molecule has 1 aliphatic rings. The summed E-state index contributed by atoms with van der Waals surface area (Å²) in [4.78, 5) is 6.46. The predicted molar refractivity (Wildman–Crippen MR) is 75.7 cm³/mol. The molecule has 5 nitrogen and oxygen atoms in total. The summed E-state index contributed by atoms with van der Waals surface area (Å²) in [5.74, 6) is 2.01. The molecule has 104 valence electrons. The zero-order chi connectivity index (χ0) is 13.8. The van der Waals surface area contributed by atoms with Crippen LogP contribution in [0.25, 0.3) is 0 Å². The molecule has 0 aromatic heterocycles. The molecule has 1 saturated carbocycles. The number of nitrogens with two attached hydrogens (primary N) is 1. The van der Waals surface area contributed by atoms with Crippen LogP contribution in [0.15, 0.2) is 23.2 Å². The Kier molecular flexibility index (Phi) is 4.14. The Hall–Kier alpha value is -1.91. The summed E-state index contributed by atoms with van der Waals surface area (Å²) < 4.78 is 10.6. The summed E-state index contributed by atoms with van der Waals surface area (Å²) >= 11 is 0. The van der Waals surface area contributed by atoms with Crippen LogP contribution in [-0.2, 0) is 6.54 Å². The van der Waals surface area contributed by atoms with Crippen molar-refractivity contribution in [2.24, 2.45) is 10.7 Å². The van der Waals surface area contributed by atoms with Crippen molar-refractivity contribution in [2.75, 3.05) is 21.3 Å². The van der Waals surface area contributed by atoms with Crippen molar-refractivity contribution in [3.8, 4) is 11.5 Å². The average molecular weight is 263 g/mol. The summed E-state index contributed by atoms with van der Waals surface area (Å²) in [5, 5.41) is 0. The fraction of sp³-hybridized carbons (Fsp3) is 0.500. The molecule has 1 fully saturated rings. The van der Waals surface area contributed by atoms with Gasteiger partial charge in [-0.25, -0.2) is 4.99 Å². The Morgan fingerprint density at radius 3 is 2.68 bits per heavy atom. The summed E-state index contributed by atoms with van der Waals surface area (Å²) in [6.45, 7) is 0.489. The lowest BCUT2D eigenvalue weighted by atomic mass is 10.2. The first-order valence-corrected chi connectivity index (χ1v) is 6.40. The van der Waals surface area contributed by atoms with Crippen molar-refractivity contribution in [1.29, 1.82) is 0 Å². The molecule has 0 bridgehead atoms. The van der Waals surface area contributed by atoms with Crippen molar-refractivity contribution in [2.45, 2.75) is 25.4 Å². The monoisotopic (exact) mass is 263 g/mol. The van der Waals surface area contributed by atoms with Crippen molar-refractivity contribution < 1.29 is 9.47 Å². The van der Waals surface area contributed by atoms with Gasteiger partial charge in [0, 0.05) is 18.7 Å². The third-order valence-corrected chi connectivity index (χ3v) is 3.35. The second-order valence-electron chi connectivity index (χ2n) is 4.67. The van der Waals surface area contributed by atoms with Gasteiger partial charge < -0.3 is 20.1 Å². The SMILES string of the molecule is COc1cccc(CN=C(N)N(C)C2CC2)c1OC. The molecule has 1 aromatic rings. The van der Waals surface area contributed by atoms with E-state index >= 15 is 0 Å². The predicted octanol–water partition coefficient (Wildman–Crippen LogP) is 1.61. The van der Waals surface area contributed by atoms with E-state index in [4.69, 9.17) is 15.2 Å². The molecule has 0 atom stereocenters. The van der Waals surface area contributed by atoms with Crippen molar-refractivity contribution >= 4 is 5.96 Å². The maximum atomic E-state index is 5.97. The van der Waals surface area contributed by atoms with Gasteiger partial charge in [0.15, 0.2) is 17.5 Å². The van der Waals surface area contributed by atoms with Crippen LogP contribution >= 0.6 is 0 Å². The molecule has 0 spiro atoms. The molecule has 0 heterocycles. The molecule has 0 amide bonds. The Morgan fingerprint density at radius 2 is 2.11 bits per heavy atom. The molecule has 19 heavy (non-hydrogen) atoms. The third-order valence-electron chi connectivity index (χ3n) is 3.35. The van der Waals surface area contributed by atoms with E-state index in [9.17, 15) is 0 Å². The zero-order valence-corrected chi connectivity index (χ0v) is 11.7. The molecule has 0 radical (unpaired) electrons. The lowest BCUT2D eigenvalue weighted by molar-refractivity contribution is 0.351. The van der Waals surface area contributed by atoms with E-state index < -0.39 is 0 Å². The van der Waals surface area contributed by atoms with Crippen LogP contribution < -0.4 is 15.2 Å². The number of methoxy groups -OCH3 is 2. The van der Waals surface area contributed by atoms with Gasteiger partial charge in [-0.1, -0.05) is 12.1 Å². The minimum Gasteiger partial charge on any atom is -0.493 e. The molecular formula is C14H21N3O2. The molecule has 1 aromatic carbocycles. The van der Waals surface area contributed by atoms with Crippen LogP contribution in [0.4, 0.5) is 0 Å². The number of aliphatic imine (C=N–C) groups is 1. The first-order chi connectivity index (χ1) is 9.17. The summed E-state index contributed by atoms with van der Waals surface area (Å²) in [6, 6.07) is 6.32. The van der Waals surface area contributed by atoms with Crippen LogP contribution in [0.1, 0.15) is 18.4 Å². The van der Waals surface area contributed by atoms with Crippen LogP contribution in [-0.4, -0.2) is 38.2 Å². The van der Waals surface area contributed by atoms with E-state index in [0.717, 1.165) is 11.3 Å². The molecule has 0 aliphatic heterocycles. The number of hydrogen-bond acceptors (Lipinski definition) is 3. The van der Waals surface area contributed by atoms with E-state index in [2.05, 4.69) is 4.99 Å². The van der Waals surface area contributed by atoms with Crippen molar-refractivity contribution in [3.05, 3.63) is 23.8 Å². The van der Waals surface area contributed by atoms with Crippen LogP contribution in [0, 0.1) is 0 Å². The summed E-state index contributed by atoms with van der Waals surface area (Å²) in [6.07, 6.45) is 2.41. The minimum absolute atomic E-state index is 0.489. The maximum absolute atomic E-state index is 5.97. The highest BCUT2D eigenvalue weighted by molar-refractivity contribution is 5.78. The average Bonchev–Trinajstić information content (AvgIpc) is 3.27. The normalized spacial score (nSPS) is 15.2. The van der Waals surface area contributed by atoms with Crippen LogP contribution in [0.2, 0.25) is 0 Å². The smallest absolute Gasteiger partial charge is 0.191 e. The quantitative estimate of drug-likeness (QED) is 0.647. The molecule has 0 saturated heterocycles. The number of hydrogen-bond donors (Lipinski definition) is 1. The molecule has 0 unspecified atom stereocenters. The van der Waals surface area contributed by atoms with Gasteiger partial charge in [0.1, 0.15) is 0 Å². The van der Waals surface area contributed by atoms with Gasteiger partial charge in [-0.05, 0) is 18.9 Å². The van der Waals surface area contributed by atoms with Gasteiger partial charge in [-0.3, -0.25) is 0 Å². The van der Waals surface area contributed by atoms with Gasteiger partial charge in [0.05, 0.1) is 20.8 Å². The number of guanidine groups is 1. The standard InChI is InChI=1S/C14H21N3O2/c1-17(11-7-8-11)14(15)16-9-10-5-4-6-12(18-2)13(10)19-3/h4-6,11H,7-9H2,1-3H3,(H2,15,16). The Morgan fingerprint density at radius 1 is 1.37 bits per heavy atom. The fourth-order valence-corrected chi connectivity index (χ4v) is 2.00. The zero-order valence-electron chi connectivity index (χ0n) is 11.7. The number of para-hydroxylation sites is 1. The van der Waals surface area contributed by atoms with Crippen molar-refractivity contribution in [1.82, 2.24) is 4.90 Å². The number of nitrogens with zero attached hydrogens (tertiary/aromatic N) is 2. The van der Waals surface area contributed by atoms with Crippen LogP contribution in [0.5, 0.6) is 11.5 Å². The Bertz CT molecular complexity index is 470. The first-order valence-electron chi connectivity index (χ1n) is 6.40. The van der Waals surface area contributed by atoms with E-state index in [-0.39, 0.29) is 0 Å². The molecule has 2 rings (SSSR count). The highest BCUT2D eigenvalue weighted by Crippen LogP contribution is 2.31. The maximum Gasteiger partial charge on any atom is 0.191 e. The minimum atomic E-state index is 0.489. The largest absolute Gasteiger partial charge is 0.493 e. The fourth-order valence-electron chi connectivity index (χ4n) is 2.00. The van der Waals surface area contributed by atoms with Gasteiger partial charge in [-0.15, -0.1) is 0 Å². The lowest BCUT2D eigenvalue weighted by Crippen LogP contribution is -2.35. The van der Waals surface area contributed by atoms with E-state index in [1.54, 1.807) is 14.2 Å². The molecule has 1 aliphatic carbocycles. The van der Waals surface area contributed by atoms with Gasteiger partial charge in [0.2, 0.25) is 0 Å². The first kappa shape index (κ1) is 13.5. The highest BCUT2D eigenvalue weighted by atomic mass is 16.5. The second kappa shape index (κ2) is 5.82. The molecular weight excluding hydrogens is 242 g/mol. The van der Waals surface area contributed by atoms with E-state index in [1.807, 2.05) is 30.1 Å². The number of ether oxygens (including phenoxy) is 2. The van der Waals surface area contributed by atoms with E-state index in [0.29, 0.717) is 24.3 Å². The Labute approximate surface area is 114 Å². The second-order valence-corrected chi connectivity index (χ2v) is 4.67. The summed E-state index contributed by atoms with van der Waals surface area (Å²) in [7, 11) is 5.24. The third kappa shape index (κ3) is 3.10. The van der Waals surface area contributed by atoms with Gasteiger partial charge >= 0.3 is 0 Å². The van der Waals surface area contributed by atoms with Gasteiger partial charge in [0.25, 0.3) is 0 Å². The molecule has 2 N–H and O–H groups in total. The number of benzene rings is 1. The lowest BCUT2D eigenvalue weighted by Gasteiger charge is -2.17. The van der Waals surface area contributed by atoms with E-state index in [1.165, 1.54) is 12.8 Å².